The van der Waals surface area contributed by atoms with Crippen molar-refractivity contribution in [3.05, 3.63) is 34.1 Å². The van der Waals surface area contributed by atoms with Crippen LogP contribution in [0.4, 0.5) is 17.6 Å². The van der Waals surface area contributed by atoms with E-state index in [1.807, 2.05) is 0 Å². The van der Waals surface area contributed by atoms with Crippen molar-refractivity contribution in [3.63, 3.8) is 0 Å². The Kier molecular flexibility index (Phi) is 4.95. The number of amides is 1. The largest absolute Gasteiger partial charge is 0.406 e. The molecule has 0 fully saturated rings. The highest BCUT2D eigenvalue weighted by Gasteiger charge is 2.35. The Hall–Kier alpha value is -1.11. The zero-order valence-electron chi connectivity index (χ0n) is 10.3. The van der Waals surface area contributed by atoms with Crippen LogP contribution in [0.3, 0.4) is 0 Å². The highest BCUT2D eigenvalue weighted by atomic mass is 79.9. The molecule has 0 aliphatic rings. The number of rotatable bonds is 3. The predicted octanol–water partition coefficient (Wildman–Crippen LogP) is 4.00. The summed E-state index contributed by atoms with van der Waals surface area (Å²) in [5, 5.41) is 0. The van der Waals surface area contributed by atoms with Crippen molar-refractivity contribution in [1.82, 2.24) is 4.90 Å². The lowest BCUT2D eigenvalue weighted by molar-refractivity contribution is -0.143. The number of hydrogen-bond donors (Lipinski definition) is 0. The Balaban J connectivity index is 3.10. The molecule has 1 aromatic carbocycles. The van der Waals surface area contributed by atoms with Crippen LogP contribution >= 0.6 is 15.9 Å². The average molecular weight is 342 g/mol. The molecule has 7 heteroatoms. The highest BCUT2D eigenvalue weighted by molar-refractivity contribution is 9.10. The van der Waals surface area contributed by atoms with E-state index in [0.29, 0.717) is 4.90 Å². The minimum atomic E-state index is -4.50. The summed E-state index contributed by atoms with van der Waals surface area (Å²) in [5.74, 6) is -1.56. The second-order valence-electron chi connectivity index (χ2n) is 4.24. The summed E-state index contributed by atoms with van der Waals surface area (Å²) in [4.78, 5) is 12.7. The molecule has 0 unspecified atom stereocenters. The number of carbonyl (C=O) groups is 1. The second kappa shape index (κ2) is 5.90. The lowest BCUT2D eigenvalue weighted by atomic mass is 10.1. The van der Waals surface area contributed by atoms with Gasteiger partial charge in [-0.1, -0.05) is 6.07 Å². The summed E-state index contributed by atoms with van der Waals surface area (Å²) in [7, 11) is 0. The Bertz CT molecular complexity index is 473. The van der Waals surface area contributed by atoms with Crippen LogP contribution in [0, 0.1) is 5.82 Å². The predicted molar refractivity (Wildman–Crippen MR) is 66.3 cm³/mol. The van der Waals surface area contributed by atoms with Gasteiger partial charge in [0.25, 0.3) is 5.91 Å². The number of hydrogen-bond acceptors (Lipinski definition) is 1. The molecule has 0 aliphatic carbocycles. The lowest BCUT2D eigenvalue weighted by Gasteiger charge is -2.28. The highest BCUT2D eigenvalue weighted by Crippen LogP contribution is 2.25. The van der Waals surface area contributed by atoms with Crippen molar-refractivity contribution < 1.29 is 22.4 Å². The minimum Gasteiger partial charge on any atom is -0.327 e. The van der Waals surface area contributed by atoms with E-state index in [-0.39, 0.29) is 10.0 Å². The number of alkyl halides is 3. The van der Waals surface area contributed by atoms with Crippen molar-refractivity contribution >= 4 is 21.8 Å². The van der Waals surface area contributed by atoms with Gasteiger partial charge in [-0.25, -0.2) is 4.39 Å². The van der Waals surface area contributed by atoms with E-state index in [4.69, 9.17) is 0 Å². The van der Waals surface area contributed by atoms with Crippen molar-refractivity contribution in [2.24, 2.45) is 0 Å². The fourth-order valence-corrected chi connectivity index (χ4v) is 1.94. The van der Waals surface area contributed by atoms with Crippen LogP contribution in [0.1, 0.15) is 24.2 Å². The van der Waals surface area contributed by atoms with Gasteiger partial charge in [-0.05, 0) is 41.9 Å². The molecule has 0 bridgehead atoms. The van der Waals surface area contributed by atoms with E-state index in [0.717, 1.165) is 6.07 Å². The van der Waals surface area contributed by atoms with Crippen molar-refractivity contribution in [2.45, 2.75) is 26.1 Å². The Morgan fingerprint density at radius 3 is 2.42 bits per heavy atom. The smallest absolute Gasteiger partial charge is 0.327 e. The van der Waals surface area contributed by atoms with E-state index in [9.17, 15) is 22.4 Å². The molecular weight excluding hydrogens is 330 g/mol. The fourth-order valence-electron chi connectivity index (χ4n) is 1.51. The molecule has 0 radical (unpaired) electrons. The topological polar surface area (TPSA) is 20.3 Å². The van der Waals surface area contributed by atoms with Crippen molar-refractivity contribution in [1.29, 1.82) is 0 Å². The van der Waals surface area contributed by atoms with Gasteiger partial charge in [0.2, 0.25) is 0 Å². The maximum atomic E-state index is 13.3. The molecule has 0 heterocycles. The third kappa shape index (κ3) is 4.19. The summed E-state index contributed by atoms with van der Waals surface area (Å²) in [5.41, 5.74) is -0.127. The van der Waals surface area contributed by atoms with Crippen LogP contribution in [-0.4, -0.2) is 29.6 Å². The van der Waals surface area contributed by atoms with Gasteiger partial charge in [0.1, 0.15) is 12.4 Å². The zero-order valence-corrected chi connectivity index (χ0v) is 11.8. The van der Waals surface area contributed by atoms with E-state index < -0.39 is 30.5 Å². The van der Waals surface area contributed by atoms with Crippen LogP contribution in [0.15, 0.2) is 22.7 Å². The first-order valence-electron chi connectivity index (χ1n) is 5.45. The first kappa shape index (κ1) is 15.9. The Labute approximate surface area is 116 Å². The first-order valence-corrected chi connectivity index (χ1v) is 6.24. The summed E-state index contributed by atoms with van der Waals surface area (Å²) in [6.07, 6.45) is -4.50. The second-order valence-corrected chi connectivity index (χ2v) is 5.04. The Morgan fingerprint density at radius 1 is 1.37 bits per heavy atom. The summed E-state index contributed by atoms with van der Waals surface area (Å²) in [6.45, 7) is 1.57. The molecule has 0 saturated heterocycles. The summed E-state index contributed by atoms with van der Waals surface area (Å²) >= 11 is 2.87. The molecule has 2 nitrogen and oxygen atoms in total. The molecule has 0 aliphatic heterocycles. The molecule has 1 amide bonds. The van der Waals surface area contributed by atoms with Crippen LogP contribution in [0.5, 0.6) is 0 Å². The number of carbonyl (C=O) groups excluding carboxylic acids is 1. The van der Waals surface area contributed by atoms with Gasteiger partial charge in [0, 0.05) is 6.04 Å². The third-order valence-electron chi connectivity index (χ3n) is 2.42. The molecule has 0 aromatic heterocycles. The van der Waals surface area contributed by atoms with Gasteiger partial charge in [-0.15, -0.1) is 0 Å². The SMILES string of the molecule is CC(C)N(CC(F)(F)F)C(=O)c1cccc(F)c1Br. The van der Waals surface area contributed by atoms with E-state index in [1.54, 1.807) is 0 Å². The number of halogens is 5. The molecule has 19 heavy (non-hydrogen) atoms. The summed E-state index contributed by atoms with van der Waals surface area (Å²) < 4.78 is 50.5. The van der Waals surface area contributed by atoms with Crippen LogP contribution in [0.2, 0.25) is 0 Å². The number of nitrogens with zero attached hydrogens (tertiary/aromatic N) is 1. The third-order valence-corrected chi connectivity index (χ3v) is 3.22. The van der Waals surface area contributed by atoms with E-state index in [1.165, 1.54) is 26.0 Å². The fraction of sp³-hybridized carbons (Fsp3) is 0.417. The minimum absolute atomic E-state index is 0.127. The van der Waals surface area contributed by atoms with Gasteiger partial charge in [0.15, 0.2) is 0 Å². The molecule has 1 rings (SSSR count). The van der Waals surface area contributed by atoms with Gasteiger partial charge >= 0.3 is 6.18 Å². The molecule has 106 valence electrons. The standard InChI is InChI=1S/C12H12BrF4NO/c1-7(2)18(6-12(15,16)17)11(19)8-4-3-5-9(14)10(8)13/h3-5,7H,6H2,1-2H3. The Morgan fingerprint density at radius 2 is 1.95 bits per heavy atom. The zero-order chi connectivity index (χ0) is 14.8. The van der Waals surface area contributed by atoms with Gasteiger partial charge in [0.05, 0.1) is 10.0 Å². The molecule has 0 atom stereocenters. The number of benzene rings is 1. The van der Waals surface area contributed by atoms with Crippen LogP contribution in [0.25, 0.3) is 0 Å². The molecule has 0 saturated carbocycles. The van der Waals surface area contributed by atoms with Crippen LogP contribution < -0.4 is 0 Å². The molecule has 1 aromatic rings. The monoisotopic (exact) mass is 341 g/mol. The first-order chi connectivity index (χ1) is 8.63. The maximum Gasteiger partial charge on any atom is 0.406 e. The average Bonchev–Trinajstić information content (AvgIpc) is 2.27. The molecular formula is C12H12BrF4NO. The van der Waals surface area contributed by atoms with E-state index >= 15 is 0 Å². The quantitative estimate of drug-likeness (QED) is 0.761. The van der Waals surface area contributed by atoms with Crippen molar-refractivity contribution in [2.75, 3.05) is 6.54 Å². The van der Waals surface area contributed by atoms with Crippen LogP contribution in [-0.2, 0) is 0 Å². The normalized spacial score (nSPS) is 11.8. The maximum absolute atomic E-state index is 13.3. The molecule has 0 spiro atoms. The lowest BCUT2D eigenvalue weighted by Crippen LogP contribution is -2.43. The van der Waals surface area contributed by atoms with Gasteiger partial charge < -0.3 is 4.90 Å². The van der Waals surface area contributed by atoms with E-state index in [2.05, 4.69) is 15.9 Å². The summed E-state index contributed by atoms with van der Waals surface area (Å²) in [6, 6.07) is 3.02. The van der Waals surface area contributed by atoms with Gasteiger partial charge in [-0.2, -0.15) is 13.2 Å². The molecule has 0 N–H and O–H groups in total. The van der Waals surface area contributed by atoms with Gasteiger partial charge in [-0.3, -0.25) is 4.79 Å². The van der Waals surface area contributed by atoms with Crippen molar-refractivity contribution in [3.8, 4) is 0 Å².